The molecule has 2 aromatic heterocycles. The lowest BCUT2D eigenvalue weighted by atomic mass is 10.2. The van der Waals surface area contributed by atoms with Gasteiger partial charge in [-0.15, -0.1) is 21.5 Å². The van der Waals surface area contributed by atoms with Gasteiger partial charge in [0.05, 0.1) is 17.9 Å². The minimum absolute atomic E-state index is 0.153. The number of benzene rings is 1. The molecule has 2 heterocycles. The Morgan fingerprint density at radius 2 is 1.80 bits per heavy atom. The zero-order chi connectivity index (χ0) is 25.4. The Bertz CT molecular complexity index is 1140. The Kier molecular flexibility index (Phi) is 9.73. The standard InChI is InChI=1S/C25H33N5O3S2/c1-6-19-15-20(24(32)33-10-5)23(35-19)26-21(31)16-34-25-28-27-22(30(25)9-4)17-11-13-18(14-12-17)29(7-2)8-3/h11-15H,6-10,16H2,1-5H3,(H,26,31). The van der Waals surface area contributed by atoms with Crippen LogP contribution in [-0.4, -0.2) is 52.1 Å². The molecule has 0 radical (unpaired) electrons. The van der Waals surface area contributed by atoms with Crippen LogP contribution in [0, 0.1) is 0 Å². The third kappa shape index (κ3) is 6.43. The van der Waals surface area contributed by atoms with Crippen molar-refractivity contribution in [3.8, 4) is 11.4 Å². The normalized spacial score (nSPS) is 10.9. The quantitative estimate of drug-likeness (QED) is 0.257. The highest BCUT2D eigenvalue weighted by molar-refractivity contribution is 7.99. The van der Waals surface area contributed by atoms with Gasteiger partial charge in [-0.3, -0.25) is 4.79 Å². The first kappa shape index (κ1) is 26.7. The summed E-state index contributed by atoms with van der Waals surface area (Å²) in [5.41, 5.74) is 2.56. The Hall–Kier alpha value is -2.85. The van der Waals surface area contributed by atoms with Gasteiger partial charge in [0.1, 0.15) is 5.00 Å². The third-order valence-electron chi connectivity index (χ3n) is 5.50. The molecule has 188 valence electrons. The number of anilines is 2. The van der Waals surface area contributed by atoms with Gasteiger partial charge in [-0.05, 0) is 64.4 Å². The summed E-state index contributed by atoms with van der Waals surface area (Å²) in [6.07, 6.45) is 0.778. The van der Waals surface area contributed by atoms with Gasteiger partial charge in [0.2, 0.25) is 5.91 Å². The maximum Gasteiger partial charge on any atom is 0.341 e. The fourth-order valence-corrected chi connectivity index (χ4v) is 5.47. The second kappa shape index (κ2) is 12.7. The molecule has 1 aromatic carbocycles. The number of hydrogen-bond acceptors (Lipinski definition) is 8. The first-order valence-electron chi connectivity index (χ1n) is 12.0. The van der Waals surface area contributed by atoms with Crippen LogP contribution in [0.3, 0.4) is 0 Å². The van der Waals surface area contributed by atoms with E-state index in [1.54, 1.807) is 13.0 Å². The third-order valence-corrected chi connectivity index (χ3v) is 7.66. The summed E-state index contributed by atoms with van der Waals surface area (Å²) in [4.78, 5) is 28.3. The molecule has 1 amide bonds. The molecule has 3 rings (SSSR count). The molecule has 0 saturated heterocycles. The fraction of sp³-hybridized carbons (Fsp3) is 0.440. The maximum absolute atomic E-state index is 12.7. The number of ether oxygens (including phenoxy) is 1. The lowest BCUT2D eigenvalue weighted by molar-refractivity contribution is -0.113. The summed E-state index contributed by atoms with van der Waals surface area (Å²) in [6, 6.07) is 10.1. The Morgan fingerprint density at radius 3 is 2.40 bits per heavy atom. The van der Waals surface area contributed by atoms with Crippen LogP contribution < -0.4 is 10.2 Å². The molecule has 0 aliphatic rings. The number of amides is 1. The number of nitrogens with one attached hydrogen (secondary N) is 1. The largest absolute Gasteiger partial charge is 0.462 e. The van der Waals surface area contributed by atoms with Crippen LogP contribution in [0.4, 0.5) is 10.7 Å². The highest BCUT2D eigenvalue weighted by Crippen LogP contribution is 2.30. The van der Waals surface area contributed by atoms with Gasteiger partial charge < -0.3 is 19.5 Å². The van der Waals surface area contributed by atoms with Gasteiger partial charge in [0.25, 0.3) is 0 Å². The Morgan fingerprint density at radius 1 is 1.09 bits per heavy atom. The molecular formula is C25H33N5O3S2. The van der Waals surface area contributed by atoms with Crippen molar-refractivity contribution < 1.29 is 14.3 Å². The van der Waals surface area contributed by atoms with E-state index in [9.17, 15) is 9.59 Å². The molecule has 0 saturated carbocycles. The van der Waals surface area contributed by atoms with Gasteiger partial charge in [-0.1, -0.05) is 18.7 Å². The molecule has 0 bridgehead atoms. The lowest BCUT2D eigenvalue weighted by Crippen LogP contribution is -2.21. The van der Waals surface area contributed by atoms with Gasteiger partial charge in [-0.25, -0.2) is 4.79 Å². The Labute approximate surface area is 215 Å². The zero-order valence-electron chi connectivity index (χ0n) is 21.0. The molecule has 10 heteroatoms. The van der Waals surface area contributed by atoms with Crippen LogP contribution in [0.2, 0.25) is 0 Å². The van der Waals surface area contributed by atoms with Crippen molar-refractivity contribution in [2.45, 2.75) is 52.7 Å². The van der Waals surface area contributed by atoms with E-state index in [0.717, 1.165) is 35.8 Å². The van der Waals surface area contributed by atoms with Crippen LogP contribution in [-0.2, 0) is 22.5 Å². The van der Waals surface area contributed by atoms with E-state index in [2.05, 4.69) is 58.5 Å². The van der Waals surface area contributed by atoms with E-state index in [-0.39, 0.29) is 18.3 Å². The van der Waals surface area contributed by atoms with Gasteiger partial charge >= 0.3 is 5.97 Å². The summed E-state index contributed by atoms with van der Waals surface area (Å²) in [5, 5.41) is 12.8. The van der Waals surface area contributed by atoms with Gasteiger partial charge in [0.15, 0.2) is 11.0 Å². The summed E-state index contributed by atoms with van der Waals surface area (Å²) < 4.78 is 7.14. The monoisotopic (exact) mass is 515 g/mol. The van der Waals surface area contributed by atoms with Crippen LogP contribution in [0.25, 0.3) is 11.4 Å². The van der Waals surface area contributed by atoms with Crippen molar-refractivity contribution in [1.82, 2.24) is 14.8 Å². The molecule has 0 unspecified atom stereocenters. The van der Waals surface area contributed by atoms with Gasteiger partial charge in [0, 0.05) is 35.8 Å². The number of carbonyl (C=O) groups is 2. The number of thiophene rings is 1. The SMILES string of the molecule is CCOC(=O)c1cc(CC)sc1NC(=O)CSc1nnc(-c2ccc(N(CC)CC)cc2)n1CC. The molecule has 1 N–H and O–H groups in total. The van der Waals surface area contributed by atoms with Crippen LogP contribution >= 0.6 is 23.1 Å². The number of aryl methyl sites for hydroxylation is 1. The Balaban J connectivity index is 1.70. The van der Waals surface area contributed by atoms with Crippen molar-refractivity contribution in [1.29, 1.82) is 0 Å². The van der Waals surface area contributed by atoms with E-state index in [1.165, 1.54) is 28.8 Å². The van der Waals surface area contributed by atoms with Crippen LogP contribution in [0.1, 0.15) is 49.9 Å². The molecule has 0 aliphatic carbocycles. The molecule has 35 heavy (non-hydrogen) atoms. The van der Waals surface area contributed by atoms with E-state index in [1.807, 2.05) is 18.4 Å². The van der Waals surface area contributed by atoms with E-state index < -0.39 is 5.97 Å². The summed E-state index contributed by atoms with van der Waals surface area (Å²) >= 11 is 2.72. The summed E-state index contributed by atoms with van der Waals surface area (Å²) in [5.74, 6) is 0.298. The highest BCUT2D eigenvalue weighted by Gasteiger charge is 2.20. The maximum atomic E-state index is 12.7. The first-order chi connectivity index (χ1) is 16.9. The highest BCUT2D eigenvalue weighted by atomic mass is 32.2. The molecule has 0 spiro atoms. The number of thioether (sulfide) groups is 1. The van der Waals surface area contributed by atoms with Gasteiger partial charge in [-0.2, -0.15) is 0 Å². The average Bonchev–Trinajstić information content (AvgIpc) is 3.47. The number of esters is 1. The molecule has 0 aliphatic heterocycles. The lowest BCUT2D eigenvalue weighted by Gasteiger charge is -2.21. The molecule has 0 atom stereocenters. The zero-order valence-corrected chi connectivity index (χ0v) is 22.6. The molecule has 8 nitrogen and oxygen atoms in total. The number of aromatic nitrogens is 3. The predicted molar refractivity (Wildman–Crippen MR) is 144 cm³/mol. The molecular weight excluding hydrogens is 482 g/mol. The van der Waals surface area contributed by atoms with E-state index >= 15 is 0 Å². The number of rotatable bonds is 12. The second-order valence-electron chi connectivity index (χ2n) is 7.64. The minimum atomic E-state index is -0.422. The van der Waals surface area contributed by atoms with E-state index in [0.29, 0.717) is 22.3 Å². The summed E-state index contributed by atoms with van der Waals surface area (Å²) in [6.45, 7) is 13.0. The van der Waals surface area contributed by atoms with Crippen molar-refractivity contribution in [3.63, 3.8) is 0 Å². The van der Waals surface area contributed by atoms with Crippen molar-refractivity contribution in [2.75, 3.05) is 35.7 Å². The minimum Gasteiger partial charge on any atom is -0.462 e. The fourth-order valence-electron chi connectivity index (χ4n) is 3.67. The number of hydrogen-bond donors (Lipinski definition) is 1. The topological polar surface area (TPSA) is 89.3 Å². The predicted octanol–water partition coefficient (Wildman–Crippen LogP) is 5.34. The van der Waals surface area contributed by atoms with Crippen molar-refractivity contribution >= 4 is 45.7 Å². The first-order valence-corrected chi connectivity index (χ1v) is 13.8. The van der Waals surface area contributed by atoms with Crippen molar-refractivity contribution in [2.24, 2.45) is 0 Å². The summed E-state index contributed by atoms with van der Waals surface area (Å²) in [7, 11) is 0. The number of carbonyl (C=O) groups excluding carboxylic acids is 2. The number of nitrogens with zero attached hydrogens (tertiary/aromatic N) is 4. The average molecular weight is 516 g/mol. The van der Waals surface area contributed by atoms with Crippen LogP contribution in [0.15, 0.2) is 35.5 Å². The smallest absolute Gasteiger partial charge is 0.341 e. The van der Waals surface area contributed by atoms with E-state index in [4.69, 9.17) is 4.74 Å². The van der Waals surface area contributed by atoms with Crippen molar-refractivity contribution in [3.05, 3.63) is 40.8 Å². The molecule has 3 aromatic rings. The molecule has 0 fully saturated rings. The second-order valence-corrected chi connectivity index (χ2v) is 9.72. The van der Waals surface area contributed by atoms with Crippen LogP contribution in [0.5, 0.6) is 0 Å².